The van der Waals surface area contributed by atoms with Gasteiger partial charge in [0.25, 0.3) is 11.8 Å². The molecule has 2 aliphatic rings. The molecule has 0 aliphatic carbocycles. The molecule has 0 spiro atoms. The lowest BCUT2D eigenvalue weighted by atomic mass is 10.1. The highest BCUT2D eigenvalue weighted by Crippen LogP contribution is 2.32. The van der Waals surface area contributed by atoms with Gasteiger partial charge in [-0.2, -0.15) is 5.11 Å². The first kappa shape index (κ1) is 18.6. The van der Waals surface area contributed by atoms with E-state index in [4.69, 9.17) is 11.6 Å². The van der Waals surface area contributed by atoms with Crippen molar-refractivity contribution in [2.75, 3.05) is 16.8 Å². The van der Waals surface area contributed by atoms with Gasteiger partial charge in [0.2, 0.25) is 5.91 Å². The van der Waals surface area contributed by atoms with E-state index in [-0.39, 0.29) is 6.54 Å². The normalized spacial score (nSPS) is 20.6. The van der Waals surface area contributed by atoms with Crippen LogP contribution in [0.1, 0.15) is 0 Å². The number of nitrogens with one attached hydrogen (secondary N) is 1. The van der Waals surface area contributed by atoms with E-state index >= 15 is 0 Å². The van der Waals surface area contributed by atoms with Crippen LogP contribution in [0, 0.1) is 0 Å². The fourth-order valence-corrected chi connectivity index (χ4v) is 3.57. The third-order valence-electron chi connectivity index (χ3n) is 4.36. The molecule has 0 bridgehead atoms. The largest absolute Gasteiger partial charge is 0.324 e. The van der Waals surface area contributed by atoms with Gasteiger partial charge < -0.3 is 5.32 Å². The number of fused-ring (bicyclic) bond motifs is 1. The first-order chi connectivity index (χ1) is 13.4. The number of hydrogen-bond donors (Lipinski definition) is 1. The van der Waals surface area contributed by atoms with Crippen molar-refractivity contribution in [2.24, 2.45) is 10.3 Å². The third-order valence-corrected chi connectivity index (χ3v) is 5.12. The fraction of sp³-hybridized carbons (Fsp3) is 0.167. The zero-order valence-corrected chi connectivity index (χ0v) is 16.6. The van der Waals surface area contributed by atoms with Crippen LogP contribution >= 0.6 is 27.5 Å². The molecular weight excluding hydrogens is 450 g/mol. The molecule has 1 fully saturated rings. The van der Waals surface area contributed by atoms with Gasteiger partial charge in [-0.1, -0.05) is 38.8 Å². The second kappa shape index (κ2) is 7.33. The molecule has 1 saturated heterocycles. The summed E-state index contributed by atoms with van der Waals surface area (Å²) in [5.41, 5.74) is 0.974. The van der Waals surface area contributed by atoms with E-state index in [0.29, 0.717) is 16.4 Å². The minimum Gasteiger partial charge on any atom is -0.324 e. The number of anilines is 2. The summed E-state index contributed by atoms with van der Waals surface area (Å²) in [6.07, 6.45) is 0. The average molecular weight is 463 g/mol. The zero-order chi connectivity index (χ0) is 19.8. The Labute approximate surface area is 173 Å². The van der Waals surface area contributed by atoms with Crippen LogP contribution < -0.4 is 10.2 Å². The average Bonchev–Trinajstić information content (AvgIpc) is 3.16. The molecule has 2 atom stereocenters. The highest BCUT2D eigenvalue weighted by atomic mass is 79.9. The van der Waals surface area contributed by atoms with Gasteiger partial charge in [-0.3, -0.25) is 19.4 Å². The Hall–Kier alpha value is -2.78. The number of benzene rings is 2. The van der Waals surface area contributed by atoms with Crippen molar-refractivity contribution in [3.63, 3.8) is 0 Å². The number of carbonyl (C=O) groups is 3. The molecule has 1 N–H and O–H groups in total. The van der Waals surface area contributed by atoms with Crippen LogP contribution in [0.5, 0.6) is 0 Å². The van der Waals surface area contributed by atoms with Crippen LogP contribution in [0.25, 0.3) is 0 Å². The highest BCUT2D eigenvalue weighted by Gasteiger charge is 2.55. The molecular formula is C18H13BrClN5O3. The topological polar surface area (TPSA) is 94.4 Å². The summed E-state index contributed by atoms with van der Waals surface area (Å²) in [4.78, 5) is 38.9. The van der Waals surface area contributed by atoms with Gasteiger partial charge in [0.1, 0.15) is 6.54 Å². The van der Waals surface area contributed by atoms with Gasteiger partial charge in [0, 0.05) is 15.2 Å². The Balaban J connectivity index is 1.48. The molecule has 4 rings (SSSR count). The predicted octanol–water partition coefficient (Wildman–Crippen LogP) is 3.03. The van der Waals surface area contributed by atoms with Crippen molar-refractivity contribution >= 4 is 56.6 Å². The molecule has 2 aliphatic heterocycles. The smallest absolute Gasteiger partial charge is 0.263 e. The van der Waals surface area contributed by atoms with Gasteiger partial charge in [0.05, 0.1) is 5.69 Å². The van der Waals surface area contributed by atoms with E-state index < -0.39 is 29.8 Å². The SMILES string of the molecule is O=C(CN1N=N[C@@H]2C(=O)N(c3ccc(Br)cc3)C(=O)[C@@H]21)Nc1cccc(Cl)c1. The Bertz CT molecular complexity index is 997. The molecule has 0 aromatic heterocycles. The van der Waals surface area contributed by atoms with Gasteiger partial charge in [-0.25, -0.2) is 4.90 Å². The lowest BCUT2D eigenvalue weighted by Crippen LogP contribution is -2.43. The number of rotatable bonds is 4. The molecule has 28 heavy (non-hydrogen) atoms. The van der Waals surface area contributed by atoms with Crippen molar-refractivity contribution in [1.82, 2.24) is 5.01 Å². The van der Waals surface area contributed by atoms with E-state index in [1.165, 1.54) is 5.01 Å². The number of imide groups is 1. The van der Waals surface area contributed by atoms with Gasteiger partial charge in [-0.15, -0.1) is 0 Å². The van der Waals surface area contributed by atoms with Crippen LogP contribution in [0.2, 0.25) is 5.02 Å². The number of hydrogen-bond acceptors (Lipinski definition) is 6. The predicted molar refractivity (Wildman–Crippen MR) is 106 cm³/mol. The van der Waals surface area contributed by atoms with Crippen molar-refractivity contribution in [2.45, 2.75) is 12.1 Å². The van der Waals surface area contributed by atoms with E-state index in [0.717, 1.165) is 9.37 Å². The Morgan fingerprint density at radius 2 is 1.89 bits per heavy atom. The van der Waals surface area contributed by atoms with Crippen molar-refractivity contribution in [1.29, 1.82) is 0 Å². The fourth-order valence-electron chi connectivity index (χ4n) is 3.11. The number of halogens is 2. The molecule has 10 heteroatoms. The lowest BCUT2D eigenvalue weighted by Gasteiger charge is -2.20. The van der Waals surface area contributed by atoms with Crippen molar-refractivity contribution < 1.29 is 14.4 Å². The van der Waals surface area contributed by atoms with Crippen LogP contribution in [0.15, 0.2) is 63.3 Å². The second-order valence-electron chi connectivity index (χ2n) is 6.24. The van der Waals surface area contributed by atoms with E-state index in [1.807, 2.05) is 0 Å². The lowest BCUT2D eigenvalue weighted by molar-refractivity contribution is -0.123. The summed E-state index contributed by atoms with van der Waals surface area (Å²) in [5.74, 6) is -1.32. The molecule has 2 aromatic carbocycles. The monoisotopic (exact) mass is 461 g/mol. The van der Waals surface area contributed by atoms with E-state index in [9.17, 15) is 14.4 Å². The van der Waals surface area contributed by atoms with Crippen LogP contribution in [-0.4, -0.2) is 41.4 Å². The summed E-state index contributed by atoms with van der Waals surface area (Å²) in [6, 6.07) is 11.6. The molecule has 142 valence electrons. The number of amides is 3. The van der Waals surface area contributed by atoms with Crippen molar-refractivity contribution in [3.05, 3.63) is 58.0 Å². The minimum absolute atomic E-state index is 0.218. The summed E-state index contributed by atoms with van der Waals surface area (Å²) in [7, 11) is 0. The molecule has 3 amide bonds. The standard InChI is InChI=1S/C18H13BrClN5O3/c19-10-4-6-13(7-5-10)25-17(27)15-16(18(25)28)24(23-22-15)9-14(26)21-12-3-1-2-11(20)8-12/h1-8,15-16H,9H2,(H,21,26)/t15-,16+/m0/s1. The number of nitrogens with zero attached hydrogens (tertiary/aromatic N) is 4. The maximum Gasteiger partial charge on any atom is 0.263 e. The Morgan fingerprint density at radius 1 is 1.14 bits per heavy atom. The maximum absolute atomic E-state index is 12.9. The highest BCUT2D eigenvalue weighted by molar-refractivity contribution is 9.10. The summed E-state index contributed by atoms with van der Waals surface area (Å²) in [6.45, 7) is -0.218. The molecule has 0 unspecified atom stereocenters. The van der Waals surface area contributed by atoms with Crippen molar-refractivity contribution in [3.8, 4) is 0 Å². The van der Waals surface area contributed by atoms with Crippen LogP contribution in [-0.2, 0) is 14.4 Å². The molecule has 2 heterocycles. The number of carbonyl (C=O) groups excluding carboxylic acids is 3. The Morgan fingerprint density at radius 3 is 2.61 bits per heavy atom. The minimum atomic E-state index is -0.949. The quantitative estimate of drug-likeness (QED) is 0.707. The zero-order valence-electron chi connectivity index (χ0n) is 14.3. The first-order valence-corrected chi connectivity index (χ1v) is 9.47. The molecule has 0 radical (unpaired) electrons. The molecule has 8 nitrogen and oxygen atoms in total. The molecule has 0 saturated carbocycles. The Kier molecular flexibility index (Phi) is 4.86. The van der Waals surface area contributed by atoms with Gasteiger partial charge in [-0.05, 0) is 42.5 Å². The summed E-state index contributed by atoms with van der Waals surface area (Å²) in [5, 5.41) is 12.2. The van der Waals surface area contributed by atoms with Crippen LogP contribution in [0.4, 0.5) is 11.4 Å². The maximum atomic E-state index is 12.9. The summed E-state index contributed by atoms with van der Waals surface area (Å²) >= 11 is 9.22. The second-order valence-corrected chi connectivity index (χ2v) is 7.59. The first-order valence-electron chi connectivity index (χ1n) is 8.30. The molecule has 2 aromatic rings. The van der Waals surface area contributed by atoms with Gasteiger partial charge in [0.15, 0.2) is 12.1 Å². The van der Waals surface area contributed by atoms with Crippen LogP contribution in [0.3, 0.4) is 0 Å². The van der Waals surface area contributed by atoms with Gasteiger partial charge >= 0.3 is 0 Å². The summed E-state index contributed by atoms with van der Waals surface area (Å²) < 4.78 is 0.828. The van der Waals surface area contributed by atoms with E-state index in [2.05, 4.69) is 31.6 Å². The third kappa shape index (κ3) is 3.38. The van der Waals surface area contributed by atoms with E-state index in [1.54, 1.807) is 48.5 Å².